The number of aromatic nitrogens is 6. The number of hydrogen-bond acceptors (Lipinski definition) is 10. The fourth-order valence-electron chi connectivity index (χ4n) is 3.86. The van der Waals surface area contributed by atoms with E-state index in [4.69, 9.17) is 20.2 Å². The Morgan fingerprint density at radius 3 is 2.72 bits per heavy atom. The van der Waals surface area contributed by atoms with Gasteiger partial charge in [-0.2, -0.15) is 5.10 Å². The number of fused-ring (bicyclic) bond motifs is 2. The van der Waals surface area contributed by atoms with Crippen molar-refractivity contribution >= 4 is 38.8 Å². The zero-order valence-electron chi connectivity index (χ0n) is 20.0. The maximum atomic E-state index is 12.5. The highest BCUT2D eigenvalue weighted by molar-refractivity contribution is 7.99. The van der Waals surface area contributed by atoms with Crippen LogP contribution in [0.15, 0.2) is 40.8 Å². The molecule has 0 amide bonds. The van der Waals surface area contributed by atoms with Crippen LogP contribution in [0.25, 0.3) is 22.4 Å². The Bertz CT molecular complexity index is 1510. The van der Waals surface area contributed by atoms with Crippen molar-refractivity contribution in [2.75, 3.05) is 18.3 Å². The van der Waals surface area contributed by atoms with Crippen molar-refractivity contribution in [1.29, 1.82) is 0 Å². The standard InChI is InChI=1S/C22H26N8O4S2/c1-22(2,3)29-36(31,32)8-4-7-30-20-18(19(23)24-11-25-20)27-21(30)35-17-10-16-15(33-12-34-16)9-13(17)14-5-6-26-28-14/h5-6,9-11,29H,4,7-8,12H2,1-3H3,(H,26,28)(H2,23,24,25). The first-order valence-electron chi connectivity index (χ1n) is 11.2. The zero-order chi connectivity index (χ0) is 25.5. The summed E-state index contributed by atoms with van der Waals surface area (Å²) in [6.07, 6.45) is 3.46. The molecule has 1 aromatic carbocycles. The molecule has 0 saturated heterocycles. The second-order valence-corrected chi connectivity index (χ2v) is 12.1. The molecule has 14 heteroatoms. The van der Waals surface area contributed by atoms with Gasteiger partial charge in [-0.25, -0.2) is 28.1 Å². The quantitative estimate of drug-likeness (QED) is 0.309. The second-order valence-electron chi connectivity index (χ2n) is 9.26. The summed E-state index contributed by atoms with van der Waals surface area (Å²) < 4.78 is 40.8. The molecule has 3 aromatic heterocycles. The minimum Gasteiger partial charge on any atom is -0.454 e. The monoisotopic (exact) mass is 530 g/mol. The molecular weight excluding hydrogens is 504 g/mol. The Morgan fingerprint density at radius 1 is 1.22 bits per heavy atom. The second kappa shape index (κ2) is 9.26. The van der Waals surface area contributed by atoms with E-state index in [-0.39, 0.29) is 18.4 Å². The normalized spacial score (nSPS) is 13.5. The predicted molar refractivity (Wildman–Crippen MR) is 135 cm³/mol. The molecule has 0 aliphatic carbocycles. The highest BCUT2D eigenvalue weighted by atomic mass is 32.2. The minimum atomic E-state index is -3.46. The van der Waals surface area contributed by atoms with Crippen LogP contribution >= 0.6 is 11.8 Å². The molecule has 0 unspecified atom stereocenters. The number of sulfonamides is 1. The summed E-state index contributed by atoms with van der Waals surface area (Å²) in [5.41, 5.74) is 8.10. The molecule has 0 bridgehead atoms. The number of benzene rings is 1. The third-order valence-electron chi connectivity index (χ3n) is 5.23. The van der Waals surface area contributed by atoms with E-state index in [0.717, 1.165) is 16.2 Å². The maximum Gasteiger partial charge on any atom is 0.231 e. The lowest BCUT2D eigenvalue weighted by Gasteiger charge is -2.20. The van der Waals surface area contributed by atoms with Gasteiger partial charge in [-0.05, 0) is 45.4 Å². The van der Waals surface area contributed by atoms with Crippen molar-refractivity contribution in [2.45, 2.75) is 49.3 Å². The first kappa shape index (κ1) is 24.3. The third kappa shape index (κ3) is 5.10. The van der Waals surface area contributed by atoms with Crippen LogP contribution in [0.5, 0.6) is 11.5 Å². The molecule has 1 aliphatic rings. The molecule has 4 N–H and O–H groups in total. The lowest BCUT2D eigenvalue weighted by molar-refractivity contribution is 0.174. The molecule has 0 atom stereocenters. The summed E-state index contributed by atoms with van der Waals surface area (Å²) in [7, 11) is -3.46. The van der Waals surface area contributed by atoms with Crippen LogP contribution in [0.3, 0.4) is 0 Å². The number of hydrogen-bond donors (Lipinski definition) is 3. The maximum absolute atomic E-state index is 12.5. The molecule has 4 aromatic rings. The van der Waals surface area contributed by atoms with Gasteiger partial charge in [0, 0.05) is 28.7 Å². The van der Waals surface area contributed by atoms with Crippen molar-refractivity contribution in [3.8, 4) is 22.8 Å². The number of ether oxygens (including phenoxy) is 2. The van der Waals surface area contributed by atoms with Crippen LogP contribution in [0.1, 0.15) is 27.2 Å². The Kier molecular flexibility index (Phi) is 6.26. The molecule has 190 valence electrons. The summed E-state index contributed by atoms with van der Waals surface area (Å²) in [5.74, 6) is 1.47. The SMILES string of the molecule is CC(C)(C)NS(=O)(=O)CCCn1c(Sc2cc3c(cc2-c2cc[nH]n2)OCO3)nc2c(N)ncnc21. The summed E-state index contributed by atoms with van der Waals surface area (Å²) in [6, 6.07) is 5.63. The van der Waals surface area contributed by atoms with Crippen molar-refractivity contribution in [3.63, 3.8) is 0 Å². The van der Waals surface area contributed by atoms with Gasteiger partial charge in [0.15, 0.2) is 33.6 Å². The van der Waals surface area contributed by atoms with Crippen molar-refractivity contribution < 1.29 is 17.9 Å². The zero-order valence-corrected chi connectivity index (χ0v) is 21.6. The first-order chi connectivity index (χ1) is 17.1. The van der Waals surface area contributed by atoms with Crippen LogP contribution in [-0.4, -0.2) is 56.2 Å². The number of aryl methyl sites for hydroxylation is 1. The Labute approximate surface area is 212 Å². The molecule has 12 nitrogen and oxygen atoms in total. The van der Waals surface area contributed by atoms with E-state index < -0.39 is 15.6 Å². The van der Waals surface area contributed by atoms with E-state index in [9.17, 15) is 8.42 Å². The van der Waals surface area contributed by atoms with Gasteiger partial charge in [-0.1, -0.05) is 11.8 Å². The Balaban J connectivity index is 1.50. The summed E-state index contributed by atoms with van der Waals surface area (Å²) in [6.45, 7) is 5.94. The third-order valence-corrected chi connectivity index (χ3v) is 8.04. The molecule has 0 fully saturated rings. The fourth-order valence-corrected chi connectivity index (χ4v) is 6.47. The molecule has 0 spiro atoms. The lowest BCUT2D eigenvalue weighted by atomic mass is 10.1. The fraction of sp³-hybridized carbons (Fsp3) is 0.364. The van der Waals surface area contributed by atoms with Gasteiger partial charge in [-0.15, -0.1) is 0 Å². The van der Waals surface area contributed by atoms with Gasteiger partial charge in [0.1, 0.15) is 6.33 Å². The van der Waals surface area contributed by atoms with Gasteiger partial charge in [-0.3, -0.25) is 5.10 Å². The van der Waals surface area contributed by atoms with E-state index in [1.54, 1.807) is 6.20 Å². The molecule has 5 rings (SSSR count). The highest BCUT2D eigenvalue weighted by Crippen LogP contribution is 2.44. The van der Waals surface area contributed by atoms with Gasteiger partial charge in [0.25, 0.3) is 0 Å². The van der Waals surface area contributed by atoms with Crippen LogP contribution in [0.2, 0.25) is 0 Å². The van der Waals surface area contributed by atoms with Crippen LogP contribution in [0, 0.1) is 0 Å². The van der Waals surface area contributed by atoms with E-state index >= 15 is 0 Å². The van der Waals surface area contributed by atoms with Gasteiger partial charge in [0.2, 0.25) is 16.8 Å². The van der Waals surface area contributed by atoms with Gasteiger partial charge < -0.3 is 19.8 Å². The van der Waals surface area contributed by atoms with Crippen LogP contribution < -0.4 is 19.9 Å². The average Bonchev–Trinajstić information content (AvgIpc) is 3.52. The molecule has 0 saturated carbocycles. The Hall–Kier alpha value is -3.36. The highest BCUT2D eigenvalue weighted by Gasteiger charge is 2.24. The van der Waals surface area contributed by atoms with E-state index in [1.807, 2.05) is 43.5 Å². The number of nitrogens with zero attached hydrogens (tertiary/aromatic N) is 5. The number of H-pyrrole nitrogens is 1. The molecule has 1 aliphatic heterocycles. The average molecular weight is 531 g/mol. The molecule has 36 heavy (non-hydrogen) atoms. The minimum absolute atomic E-state index is 0.0445. The molecule has 0 radical (unpaired) electrons. The topological polar surface area (TPSA) is 163 Å². The summed E-state index contributed by atoms with van der Waals surface area (Å²) in [4.78, 5) is 14.0. The smallest absolute Gasteiger partial charge is 0.231 e. The number of aromatic amines is 1. The summed E-state index contributed by atoms with van der Waals surface area (Å²) >= 11 is 1.38. The van der Waals surface area contributed by atoms with Crippen molar-refractivity contribution in [3.05, 3.63) is 30.7 Å². The van der Waals surface area contributed by atoms with Crippen LogP contribution in [-0.2, 0) is 16.6 Å². The van der Waals surface area contributed by atoms with Crippen LogP contribution in [0.4, 0.5) is 5.82 Å². The molecule has 4 heterocycles. The largest absolute Gasteiger partial charge is 0.454 e. The van der Waals surface area contributed by atoms with Gasteiger partial charge >= 0.3 is 0 Å². The van der Waals surface area contributed by atoms with Crippen molar-refractivity contribution in [2.24, 2.45) is 0 Å². The number of anilines is 1. The van der Waals surface area contributed by atoms with E-state index in [2.05, 4.69) is 24.9 Å². The number of nitrogen functional groups attached to an aromatic ring is 1. The lowest BCUT2D eigenvalue weighted by Crippen LogP contribution is -2.41. The van der Waals surface area contributed by atoms with Gasteiger partial charge in [0.05, 0.1) is 11.4 Å². The van der Waals surface area contributed by atoms with E-state index in [0.29, 0.717) is 40.8 Å². The number of nitrogens with two attached hydrogens (primary N) is 1. The predicted octanol–water partition coefficient (Wildman–Crippen LogP) is 2.79. The number of nitrogens with one attached hydrogen (secondary N) is 2. The van der Waals surface area contributed by atoms with Crippen molar-refractivity contribution in [1.82, 2.24) is 34.4 Å². The first-order valence-corrected chi connectivity index (χ1v) is 13.7. The number of imidazole rings is 1. The molecular formula is C22H26N8O4S2. The Morgan fingerprint density at radius 2 is 2.00 bits per heavy atom. The summed E-state index contributed by atoms with van der Waals surface area (Å²) in [5, 5.41) is 7.75. The number of rotatable bonds is 8. The van der Waals surface area contributed by atoms with E-state index in [1.165, 1.54) is 18.1 Å².